The minimum absolute atomic E-state index is 0.0667. The molecule has 3 rings (SSSR count). The molecule has 0 bridgehead atoms. The Kier molecular flexibility index (Phi) is 8.08. The first kappa shape index (κ1) is 23.6. The SMILES string of the molecule is CN(C)CCSc1ccc(Nc2ncnc(OC3CCN(C(=O)O)CC3)c2C#N)c(F)c1. The number of aromatic nitrogens is 2. The molecule has 0 unspecified atom stereocenters. The molecule has 1 aliphatic heterocycles. The van der Waals surface area contributed by atoms with E-state index in [-0.39, 0.29) is 29.1 Å². The number of carboxylic acid groups (broad SMARTS) is 1. The second-order valence-corrected chi connectivity index (χ2v) is 8.69. The van der Waals surface area contributed by atoms with Crippen LogP contribution in [0.1, 0.15) is 18.4 Å². The Morgan fingerprint density at radius 2 is 2.16 bits per heavy atom. The van der Waals surface area contributed by atoms with E-state index in [4.69, 9.17) is 9.84 Å². The number of piperidine rings is 1. The molecule has 2 aromatic rings. The van der Waals surface area contributed by atoms with Crippen molar-refractivity contribution in [3.63, 3.8) is 0 Å². The first-order chi connectivity index (χ1) is 15.4. The Bertz CT molecular complexity index is 992. The van der Waals surface area contributed by atoms with E-state index < -0.39 is 11.9 Å². The Hall–Kier alpha value is -3.10. The van der Waals surface area contributed by atoms with Crippen molar-refractivity contribution in [3.05, 3.63) is 35.9 Å². The second-order valence-electron chi connectivity index (χ2n) is 7.52. The molecule has 1 aliphatic rings. The van der Waals surface area contributed by atoms with E-state index in [1.54, 1.807) is 17.8 Å². The van der Waals surface area contributed by atoms with Gasteiger partial charge < -0.3 is 25.0 Å². The van der Waals surface area contributed by atoms with Crippen molar-refractivity contribution >= 4 is 29.4 Å². The van der Waals surface area contributed by atoms with Gasteiger partial charge in [0.05, 0.1) is 5.69 Å². The van der Waals surface area contributed by atoms with Crippen LogP contribution >= 0.6 is 11.8 Å². The van der Waals surface area contributed by atoms with Crippen molar-refractivity contribution in [1.82, 2.24) is 19.8 Å². The summed E-state index contributed by atoms with van der Waals surface area (Å²) in [6, 6.07) is 6.89. The van der Waals surface area contributed by atoms with Crippen LogP contribution in [0.25, 0.3) is 0 Å². The summed E-state index contributed by atoms with van der Waals surface area (Å²) in [5.74, 6) is 0.629. The first-order valence-corrected chi connectivity index (χ1v) is 11.1. The number of carbonyl (C=O) groups is 1. The predicted molar refractivity (Wildman–Crippen MR) is 119 cm³/mol. The number of anilines is 2. The van der Waals surface area contributed by atoms with E-state index in [1.807, 2.05) is 26.2 Å². The number of halogens is 1. The number of nitrogens with zero attached hydrogens (tertiary/aromatic N) is 5. The summed E-state index contributed by atoms with van der Waals surface area (Å²) in [5, 5.41) is 21.6. The average Bonchev–Trinajstić information content (AvgIpc) is 2.76. The smallest absolute Gasteiger partial charge is 0.407 e. The normalized spacial score (nSPS) is 14.3. The van der Waals surface area contributed by atoms with Gasteiger partial charge in [0.25, 0.3) is 0 Å². The minimum atomic E-state index is -0.959. The Balaban J connectivity index is 1.69. The number of thioether (sulfide) groups is 1. The molecule has 9 nitrogen and oxygen atoms in total. The average molecular weight is 461 g/mol. The minimum Gasteiger partial charge on any atom is -0.473 e. The van der Waals surface area contributed by atoms with Gasteiger partial charge in [-0.3, -0.25) is 0 Å². The van der Waals surface area contributed by atoms with E-state index in [1.165, 1.54) is 17.3 Å². The lowest BCUT2D eigenvalue weighted by atomic mass is 10.1. The third kappa shape index (κ3) is 6.21. The zero-order chi connectivity index (χ0) is 23.1. The van der Waals surface area contributed by atoms with Gasteiger partial charge in [0.1, 0.15) is 24.3 Å². The van der Waals surface area contributed by atoms with Gasteiger partial charge in [0, 0.05) is 43.1 Å². The summed E-state index contributed by atoms with van der Waals surface area (Å²) >= 11 is 1.56. The lowest BCUT2D eigenvalue weighted by Crippen LogP contribution is -2.41. The molecule has 1 aromatic carbocycles. The Morgan fingerprint density at radius 3 is 2.78 bits per heavy atom. The second kappa shape index (κ2) is 11.0. The zero-order valence-electron chi connectivity index (χ0n) is 17.9. The number of amides is 1. The molecule has 1 fully saturated rings. The van der Waals surface area contributed by atoms with Crippen LogP contribution in [0.3, 0.4) is 0 Å². The van der Waals surface area contributed by atoms with Gasteiger partial charge in [-0.15, -0.1) is 11.8 Å². The van der Waals surface area contributed by atoms with E-state index in [0.717, 1.165) is 17.2 Å². The Morgan fingerprint density at radius 1 is 1.41 bits per heavy atom. The van der Waals surface area contributed by atoms with Crippen LogP contribution in [-0.4, -0.2) is 76.6 Å². The molecular formula is C21H25FN6O3S. The maximum Gasteiger partial charge on any atom is 0.407 e. The van der Waals surface area contributed by atoms with Crippen molar-refractivity contribution in [2.24, 2.45) is 0 Å². The van der Waals surface area contributed by atoms with Crippen molar-refractivity contribution in [2.45, 2.75) is 23.8 Å². The molecule has 0 radical (unpaired) electrons. The van der Waals surface area contributed by atoms with Crippen molar-refractivity contribution in [2.75, 3.05) is 44.8 Å². The highest BCUT2D eigenvalue weighted by molar-refractivity contribution is 7.99. The molecule has 32 heavy (non-hydrogen) atoms. The molecule has 2 heterocycles. The van der Waals surface area contributed by atoms with Crippen LogP contribution < -0.4 is 10.1 Å². The quantitative estimate of drug-likeness (QED) is 0.572. The molecule has 11 heteroatoms. The van der Waals surface area contributed by atoms with Crippen molar-refractivity contribution in [1.29, 1.82) is 5.26 Å². The van der Waals surface area contributed by atoms with Gasteiger partial charge in [-0.05, 0) is 32.3 Å². The maximum absolute atomic E-state index is 14.6. The summed E-state index contributed by atoms with van der Waals surface area (Å²) in [6.45, 7) is 1.58. The number of hydrogen-bond donors (Lipinski definition) is 2. The van der Waals surface area contributed by atoms with Gasteiger partial charge in [0.15, 0.2) is 11.4 Å². The molecule has 0 atom stereocenters. The number of hydrogen-bond acceptors (Lipinski definition) is 8. The van der Waals surface area contributed by atoms with Gasteiger partial charge >= 0.3 is 6.09 Å². The maximum atomic E-state index is 14.6. The van der Waals surface area contributed by atoms with Crippen LogP contribution in [0, 0.1) is 17.1 Å². The summed E-state index contributed by atoms with van der Waals surface area (Å²) < 4.78 is 20.5. The van der Waals surface area contributed by atoms with Crippen LogP contribution in [0.15, 0.2) is 29.4 Å². The van der Waals surface area contributed by atoms with Crippen LogP contribution in [-0.2, 0) is 0 Å². The molecule has 0 spiro atoms. The van der Waals surface area contributed by atoms with Gasteiger partial charge in [0.2, 0.25) is 5.88 Å². The summed E-state index contributed by atoms with van der Waals surface area (Å²) in [4.78, 5) is 23.4. The van der Waals surface area contributed by atoms with Crippen LogP contribution in [0.2, 0.25) is 0 Å². The van der Waals surface area contributed by atoms with E-state index in [0.29, 0.717) is 25.9 Å². The third-order valence-corrected chi connectivity index (χ3v) is 5.89. The fraction of sp³-hybridized carbons (Fsp3) is 0.429. The van der Waals surface area contributed by atoms with E-state index >= 15 is 0 Å². The molecule has 0 saturated carbocycles. The molecule has 0 aliphatic carbocycles. The number of benzene rings is 1. The first-order valence-electron chi connectivity index (χ1n) is 10.1. The van der Waals surface area contributed by atoms with Gasteiger partial charge in [-0.1, -0.05) is 0 Å². The molecule has 1 saturated heterocycles. The number of likely N-dealkylation sites (tertiary alicyclic amines) is 1. The van der Waals surface area contributed by atoms with Crippen molar-refractivity contribution in [3.8, 4) is 11.9 Å². The lowest BCUT2D eigenvalue weighted by molar-refractivity contribution is 0.0869. The molecule has 1 aromatic heterocycles. The summed E-state index contributed by atoms with van der Waals surface area (Å²) in [5.41, 5.74) is 0.259. The van der Waals surface area contributed by atoms with Gasteiger partial charge in [-0.25, -0.2) is 19.2 Å². The number of rotatable bonds is 8. The topological polar surface area (TPSA) is 115 Å². The zero-order valence-corrected chi connectivity index (χ0v) is 18.7. The van der Waals surface area contributed by atoms with E-state index in [2.05, 4.69) is 20.2 Å². The number of ether oxygens (including phenoxy) is 1. The van der Waals surface area contributed by atoms with Crippen LogP contribution in [0.5, 0.6) is 5.88 Å². The highest BCUT2D eigenvalue weighted by Gasteiger charge is 2.25. The monoisotopic (exact) mass is 460 g/mol. The lowest BCUT2D eigenvalue weighted by Gasteiger charge is -2.30. The predicted octanol–water partition coefficient (Wildman–Crippen LogP) is 3.41. The summed E-state index contributed by atoms with van der Waals surface area (Å²) in [6.07, 6.45) is 1.00. The fourth-order valence-corrected chi connectivity index (χ4v) is 4.18. The standard InChI is InChI=1S/C21H25FN6O3S/c1-27(2)9-10-32-15-3-4-18(17(22)11-15)26-19-16(12-23)20(25-13-24-19)31-14-5-7-28(8-6-14)21(29)30/h3-4,11,13-14H,5-10H2,1-2H3,(H,29,30)(H,24,25,26). The molecule has 2 N–H and O–H groups in total. The number of nitrogens with one attached hydrogen (secondary N) is 1. The van der Waals surface area contributed by atoms with E-state index in [9.17, 15) is 14.4 Å². The Labute approximate surface area is 190 Å². The highest BCUT2D eigenvalue weighted by Crippen LogP contribution is 2.29. The van der Waals surface area contributed by atoms with Gasteiger partial charge in [-0.2, -0.15) is 5.26 Å². The largest absolute Gasteiger partial charge is 0.473 e. The van der Waals surface area contributed by atoms with Crippen LogP contribution in [0.4, 0.5) is 20.7 Å². The highest BCUT2D eigenvalue weighted by atomic mass is 32.2. The molecule has 170 valence electrons. The molecule has 1 amide bonds. The molecular weight excluding hydrogens is 435 g/mol. The third-order valence-electron chi connectivity index (χ3n) is 4.92. The summed E-state index contributed by atoms with van der Waals surface area (Å²) in [7, 11) is 3.97. The number of nitriles is 1. The fourth-order valence-electron chi connectivity index (χ4n) is 3.14. The van der Waals surface area contributed by atoms with Crippen molar-refractivity contribution < 1.29 is 19.0 Å².